The van der Waals surface area contributed by atoms with E-state index in [0.717, 1.165) is 47.4 Å². The topological polar surface area (TPSA) is 31.4 Å². The van der Waals surface area contributed by atoms with Gasteiger partial charge in [0.05, 0.1) is 30.5 Å². The smallest absolute Gasteiger partial charge is 0.133 e. The monoisotopic (exact) mass is 327 g/mol. The maximum atomic E-state index is 6.16. The summed E-state index contributed by atoms with van der Waals surface area (Å²) in [5.74, 6) is 0.983. The molecule has 1 aromatic heterocycles. The SMILES string of the molecule is CCCCOc1c(C)c(COC2CCCCC2)nc2ccccc12. The lowest BCUT2D eigenvalue weighted by molar-refractivity contribution is 0.0150. The summed E-state index contributed by atoms with van der Waals surface area (Å²) in [6.07, 6.45) is 8.92. The Bertz CT molecular complexity index is 662. The number of pyridine rings is 1. The van der Waals surface area contributed by atoms with Crippen LogP contribution in [0.3, 0.4) is 0 Å². The molecule has 1 aliphatic carbocycles. The number of hydrogen-bond donors (Lipinski definition) is 0. The lowest BCUT2D eigenvalue weighted by atomic mass is 9.98. The number of nitrogens with zero attached hydrogens (tertiary/aromatic N) is 1. The summed E-state index contributed by atoms with van der Waals surface area (Å²) < 4.78 is 12.3. The minimum Gasteiger partial charge on any atom is -0.493 e. The highest BCUT2D eigenvalue weighted by molar-refractivity contribution is 5.86. The maximum absolute atomic E-state index is 6.16. The number of hydrogen-bond acceptors (Lipinski definition) is 3. The van der Waals surface area contributed by atoms with Gasteiger partial charge in [-0.1, -0.05) is 44.7 Å². The molecule has 0 amide bonds. The second-order valence-corrected chi connectivity index (χ2v) is 6.80. The first kappa shape index (κ1) is 17.2. The standard InChI is InChI=1S/C21H29NO2/c1-3-4-14-23-21-16(2)20(15-24-17-10-6-5-7-11-17)22-19-13-9-8-12-18(19)21/h8-9,12-13,17H,3-7,10-11,14-15H2,1-2H3. The van der Waals surface area contributed by atoms with Gasteiger partial charge in [0.2, 0.25) is 0 Å². The predicted octanol–water partition coefficient (Wildman–Crippen LogP) is 5.57. The van der Waals surface area contributed by atoms with Gasteiger partial charge >= 0.3 is 0 Å². The first-order valence-corrected chi connectivity index (χ1v) is 9.42. The zero-order valence-electron chi connectivity index (χ0n) is 15.0. The third-order valence-corrected chi connectivity index (χ3v) is 4.93. The van der Waals surface area contributed by atoms with Gasteiger partial charge in [-0.2, -0.15) is 0 Å². The Morgan fingerprint density at radius 1 is 1.12 bits per heavy atom. The Morgan fingerprint density at radius 2 is 1.92 bits per heavy atom. The number of ether oxygens (including phenoxy) is 2. The van der Waals surface area contributed by atoms with Crippen LogP contribution in [0, 0.1) is 6.92 Å². The fraction of sp³-hybridized carbons (Fsp3) is 0.571. The van der Waals surface area contributed by atoms with Crippen LogP contribution < -0.4 is 4.74 Å². The van der Waals surface area contributed by atoms with Gasteiger partial charge in [0.15, 0.2) is 0 Å². The van der Waals surface area contributed by atoms with Crippen molar-refractivity contribution in [1.29, 1.82) is 0 Å². The van der Waals surface area contributed by atoms with Crippen LogP contribution in [0.2, 0.25) is 0 Å². The van der Waals surface area contributed by atoms with Crippen LogP contribution in [-0.2, 0) is 11.3 Å². The summed E-state index contributed by atoms with van der Waals surface area (Å²) in [5.41, 5.74) is 3.14. The molecular formula is C21H29NO2. The van der Waals surface area contributed by atoms with Gasteiger partial charge in [0.1, 0.15) is 5.75 Å². The molecule has 1 saturated carbocycles. The van der Waals surface area contributed by atoms with Crippen molar-refractivity contribution >= 4 is 10.9 Å². The van der Waals surface area contributed by atoms with Crippen molar-refractivity contribution < 1.29 is 9.47 Å². The molecule has 24 heavy (non-hydrogen) atoms. The van der Waals surface area contributed by atoms with Crippen molar-refractivity contribution in [2.75, 3.05) is 6.61 Å². The Morgan fingerprint density at radius 3 is 2.71 bits per heavy atom. The lowest BCUT2D eigenvalue weighted by Gasteiger charge is -2.23. The van der Waals surface area contributed by atoms with Crippen molar-refractivity contribution in [3.63, 3.8) is 0 Å². The number of para-hydroxylation sites is 1. The molecule has 0 aliphatic heterocycles. The minimum atomic E-state index is 0.399. The van der Waals surface area contributed by atoms with Crippen molar-refractivity contribution in [3.05, 3.63) is 35.5 Å². The van der Waals surface area contributed by atoms with E-state index >= 15 is 0 Å². The summed E-state index contributed by atoms with van der Waals surface area (Å²) in [5, 5.41) is 1.10. The van der Waals surface area contributed by atoms with E-state index in [9.17, 15) is 0 Å². The fourth-order valence-electron chi connectivity index (χ4n) is 3.40. The van der Waals surface area contributed by atoms with Crippen LogP contribution in [0.15, 0.2) is 24.3 Å². The number of rotatable bonds is 7. The zero-order chi connectivity index (χ0) is 16.8. The molecule has 0 bridgehead atoms. The summed E-state index contributed by atoms with van der Waals surface area (Å²) in [4.78, 5) is 4.84. The van der Waals surface area contributed by atoms with Crippen molar-refractivity contribution in [2.24, 2.45) is 0 Å². The summed E-state index contributed by atoms with van der Waals surface area (Å²) >= 11 is 0. The fourth-order valence-corrected chi connectivity index (χ4v) is 3.40. The quantitative estimate of drug-likeness (QED) is 0.623. The van der Waals surface area contributed by atoms with Gasteiger partial charge in [0, 0.05) is 10.9 Å². The lowest BCUT2D eigenvalue weighted by Crippen LogP contribution is -2.17. The van der Waals surface area contributed by atoms with Crippen LogP contribution >= 0.6 is 0 Å². The molecule has 0 atom stereocenters. The largest absolute Gasteiger partial charge is 0.493 e. The summed E-state index contributed by atoms with van der Waals surface area (Å²) in [6.45, 7) is 5.64. The summed E-state index contributed by atoms with van der Waals surface area (Å²) in [6, 6.07) is 8.24. The van der Waals surface area contributed by atoms with E-state index in [1.54, 1.807) is 0 Å². The van der Waals surface area contributed by atoms with Gasteiger partial charge in [-0.3, -0.25) is 0 Å². The Hall–Kier alpha value is -1.61. The van der Waals surface area contributed by atoms with Crippen molar-refractivity contribution in [1.82, 2.24) is 4.98 Å². The Balaban J connectivity index is 1.82. The van der Waals surface area contributed by atoms with Crippen molar-refractivity contribution in [3.8, 4) is 5.75 Å². The molecular weight excluding hydrogens is 298 g/mol. The van der Waals surface area contributed by atoms with Crippen LogP contribution in [-0.4, -0.2) is 17.7 Å². The number of fused-ring (bicyclic) bond motifs is 1. The predicted molar refractivity (Wildman–Crippen MR) is 98.5 cm³/mol. The molecule has 1 fully saturated rings. The van der Waals surface area contributed by atoms with Crippen LogP contribution in [0.5, 0.6) is 5.75 Å². The van der Waals surface area contributed by atoms with E-state index in [0.29, 0.717) is 12.7 Å². The first-order valence-electron chi connectivity index (χ1n) is 9.42. The highest BCUT2D eigenvalue weighted by Crippen LogP contribution is 2.31. The average molecular weight is 327 g/mol. The molecule has 3 rings (SSSR count). The average Bonchev–Trinajstić information content (AvgIpc) is 2.63. The van der Waals surface area contributed by atoms with E-state index < -0.39 is 0 Å². The van der Waals surface area contributed by atoms with E-state index in [2.05, 4.69) is 26.0 Å². The first-order chi connectivity index (χ1) is 11.8. The Kier molecular flexibility index (Phi) is 6.08. The zero-order valence-corrected chi connectivity index (χ0v) is 15.0. The molecule has 0 N–H and O–H groups in total. The van der Waals surface area contributed by atoms with E-state index in [1.807, 2.05) is 12.1 Å². The minimum absolute atomic E-state index is 0.399. The van der Waals surface area contributed by atoms with Gasteiger partial charge in [0.25, 0.3) is 0 Å². The normalized spacial score (nSPS) is 15.8. The van der Waals surface area contributed by atoms with E-state index in [4.69, 9.17) is 14.5 Å². The third-order valence-electron chi connectivity index (χ3n) is 4.93. The molecule has 130 valence electrons. The molecule has 0 radical (unpaired) electrons. The molecule has 0 unspecified atom stereocenters. The Labute approximate surface area is 145 Å². The molecule has 1 heterocycles. The van der Waals surface area contributed by atoms with Gasteiger partial charge in [-0.05, 0) is 38.3 Å². The number of benzene rings is 1. The van der Waals surface area contributed by atoms with Crippen LogP contribution in [0.25, 0.3) is 10.9 Å². The van der Waals surface area contributed by atoms with Gasteiger partial charge < -0.3 is 9.47 Å². The van der Waals surface area contributed by atoms with E-state index in [1.165, 1.54) is 32.1 Å². The molecule has 0 spiro atoms. The molecule has 1 aromatic carbocycles. The molecule has 3 heteroatoms. The molecule has 1 aliphatic rings. The number of unbranched alkanes of at least 4 members (excludes halogenated alkanes) is 1. The highest BCUT2D eigenvalue weighted by atomic mass is 16.5. The second kappa shape index (κ2) is 8.48. The maximum Gasteiger partial charge on any atom is 0.133 e. The summed E-state index contributed by atoms with van der Waals surface area (Å²) in [7, 11) is 0. The number of aromatic nitrogens is 1. The molecule has 0 saturated heterocycles. The third kappa shape index (κ3) is 4.07. The van der Waals surface area contributed by atoms with Gasteiger partial charge in [-0.25, -0.2) is 4.98 Å². The van der Waals surface area contributed by atoms with Crippen LogP contribution in [0.1, 0.15) is 63.1 Å². The molecule has 2 aromatic rings. The molecule has 3 nitrogen and oxygen atoms in total. The highest BCUT2D eigenvalue weighted by Gasteiger charge is 2.17. The van der Waals surface area contributed by atoms with Crippen molar-refractivity contribution in [2.45, 2.75) is 71.5 Å². The second-order valence-electron chi connectivity index (χ2n) is 6.80. The van der Waals surface area contributed by atoms with Gasteiger partial charge in [-0.15, -0.1) is 0 Å². The van der Waals surface area contributed by atoms with Crippen LogP contribution in [0.4, 0.5) is 0 Å². The van der Waals surface area contributed by atoms with E-state index in [-0.39, 0.29) is 0 Å².